The summed E-state index contributed by atoms with van der Waals surface area (Å²) in [5.41, 5.74) is 3.98. The van der Waals surface area contributed by atoms with Gasteiger partial charge in [0.15, 0.2) is 0 Å². The van der Waals surface area contributed by atoms with Crippen molar-refractivity contribution in [1.29, 1.82) is 0 Å². The van der Waals surface area contributed by atoms with Gasteiger partial charge in [-0.2, -0.15) is 0 Å². The van der Waals surface area contributed by atoms with Crippen molar-refractivity contribution < 1.29 is 0 Å². The fraction of sp³-hybridized carbons (Fsp3) is 0.722. The van der Waals surface area contributed by atoms with E-state index in [1.54, 1.807) is 0 Å². The van der Waals surface area contributed by atoms with Crippen LogP contribution in [0.1, 0.15) is 64.6 Å². The highest BCUT2D eigenvalue weighted by atomic mass is 15.2. The number of nitrogens with one attached hydrogen (secondary N) is 1. The molecule has 0 unspecified atom stereocenters. The largest absolute Gasteiger partial charge is 0.368 e. The van der Waals surface area contributed by atoms with Crippen LogP contribution in [0.4, 0.5) is 5.69 Å². The number of aryl methyl sites for hydroxylation is 1. The molecule has 1 aromatic rings. The van der Waals surface area contributed by atoms with Gasteiger partial charge in [0.1, 0.15) is 0 Å². The van der Waals surface area contributed by atoms with Gasteiger partial charge in [0.25, 0.3) is 0 Å². The molecular weight excluding hydrogens is 258 g/mol. The van der Waals surface area contributed by atoms with Gasteiger partial charge in [-0.05, 0) is 53.0 Å². The predicted octanol–water partition coefficient (Wildman–Crippen LogP) is 4.05. The number of unbranched alkanes of at least 4 members (excludes halogenated alkanes) is 1. The number of rotatable bonds is 7. The van der Waals surface area contributed by atoms with Crippen LogP contribution in [0.25, 0.3) is 0 Å². The maximum absolute atomic E-state index is 4.52. The summed E-state index contributed by atoms with van der Waals surface area (Å²) >= 11 is 0. The molecule has 1 aliphatic carbocycles. The topological polar surface area (TPSA) is 28.2 Å². The molecule has 1 N–H and O–H groups in total. The van der Waals surface area contributed by atoms with E-state index in [9.17, 15) is 0 Å². The van der Waals surface area contributed by atoms with Crippen LogP contribution < -0.4 is 10.2 Å². The third-order valence-electron chi connectivity index (χ3n) is 3.96. The zero-order valence-corrected chi connectivity index (χ0v) is 14.4. The van der Waals surface area contributed by atoms with E-state index >= 15 is 0 Å². The van der Waals surface area contributed by atoms with Gasteiger partial charge in [0.2, 0.25) is 0 Å². The highest BCUT2D eigenvalue weighted by Gasteiger charge is 2.30. The number of hydrogen-bond donors (Lipinski definition) is 1. The lowest BCUT2D eigenvalue weighted by Crippen LogP contribution is -2.36. The number of hydrogen-bond acceptors (Lipinski definition) is 3. The second-order valence-corrected chi connectivity index (χ2v) is 7.34. The molecule has 2 rings (SSSR count). The monoisotopic (exact) mass is 289 g/mol. The van der Waals surface area contributed by atoms with Gasteiger partial charge in [0, 0.05) is 47.8 Å². The second kappa shape index (κ2) is 6.78. The zero-order chi connectivity index (χ0) is 15.5. The summed E-state index contributed by atoms with van der Waals surface area (Å²) < 4.78 is 0. The summed E-state index contributed by atoms with van der Waals surface area (Å²) in [5.74, 6) is 0. The van der Waals surface area contributed by atoms with Crippen LogP contribution in [0.2, 0.25) is 0 Å². The molecule has 3 heteroatoms. The summed E-state index contributed by atoms with van der Waals surface area (Å²) in [5, 5.41) is 3.60. The van der Waals surface area contributed by atoms with Gasteiger partial charge in [0.05, 0.1) is 0 Å². The fourth-order valence-corrected chi connectivity index (χ4v) is 2.55. The van der Waals surface area contributed by atoms with Crippen LogP contribution in [0, 0.1) is 6.92 Å². The smallest absolute Gasteiger partial charge is 0.0448 e. The molecule has 21 heavy (non-hydrogen) atoms. The lowest BCUT2D eigenvalue weighted by molar-refractivity contribution is 0.424. The van der Waals surface area contributed by atoms with Crippen molar-refractivity contribution in [3.05, 3.63) is 23.5 Å². The van der Waals surface area contributed by atoms with E-state index in [4.69, 9.17) is 0 Å². The molecule has 1 saturated carbocycles. The van der Waals surface area contributed by atoms with Gasteiger partial charge < -0.3 is 10.2 Å². The second-order valence-electron chi connectivity index (χ2n) is 7.34. The van der Waals surface area contributed by atoms with Gasteiger partial charge in [-0.3, -0.25) is 4.98 Å². The van der Waals surface area contributed by atoms with Crippen molar-refractivity contribution in [1.82, 2.24) is 10.3 Å². The van der Waals surface area contributed by atoms with E-state index in [2.05, 4.69) is 62.1 Å². The molecule has 3 nitrogen and oxygen atoms in total. The molecule has 118 valence electrons. The molecule has 0 atom stereocenters. The van der Waals surface area contributed by atoms with E-state index in [-0.39, 0.29) is 5.54 Å². The normalized spacial score (nSPS) is 15.3. The van der Waals surface area contributed by atoms with Crippen molar-refractivity contribution in [3.8, 4) is 0 Å². The summed E-state index contributed by atoms with van der Waals surface area (Å²) in [6, 6.07) is 3.03. The molecule has 0 radical (unpaired) electrons. The third-order valence-corrected chi connectivity index (χ3v) is 3.96. The average Bonchev–Trinajstić information content (AvgIpc) is 3.22. The van der Waals surface area contributed by atoms with Crippen LogP contribution in [0.3, 0.4) is 0 Å². The van der Waals surface area contributed by atoms with E-state index in [0.29, 0.717) is 0 Å². The van der Waals surface area contributed by atoms with Crippen molar-refractivity contribution in [2.24, 2.45) is 0 Å². The Kier molecular flexibility index (Phi) is 5.26. The Morgan fingerprint density at radius 3 is 2.62 bits per heavy atom. The molecule has 1 fully saturated rings. The van der Waals surface area contributed by atoms with Gasteiger partial charge >= 0.3 is 0 Å². The highest BCUT2D eigenvalue weighted by Crippen LogP contribution is 2.34. The van der Waals surface area contributed by atoms with Crippen LogP contribution in [0.15, 0.2) is 12.3 Å². The van der Waals surface area contributed by atoms with Crippen molar-refractivity contribution in [2.45, 2.75) is 78.4 Å². The maximum atomic E-state index is 4.52. The summed E-state index contributed by atoms with van der Waals surface area (Å²) in [7, 11) is 0. The van der Waals surface area contributed by atoms with Gasteiger partial charge in [-0.25, -0.2) is 0 Å². The van der Waals surface area contributed by atoms with Gasteiger partial charge in [-0.15, -0.1) is 0 Å². The standard InChI is InChI=1S/C18H31N3/c1-6-7-10-21(16-8-9-16)17-11-14(2)19-12-15(17)13-20-18(3,4)5/h11-12,16,20H,6-10,13H2,1-5H3. The predicted molar refractivity (Wildman–Crippen MR) is 90.8 cm³/mol. The fourth-order valence-electron chi connectivity index (χ4n) is 2.55. The average molecular weight is 289 g/mol. The molecular formula is C18H31N3. The number of anilines is 1. The van der Waals surface area contributed by atoms with Crippen molar-refractivity contribution >= 4 is 5.69 Å². The van der Waals surface area contributed by atoms with E-state index in [0.717, 1.165) is 18.3 Å². The molecule has 1 aromatic heterocycles. The molecule has 1 aliphatic rings. The Hall–Kier alpha value is -1.09. The highest BCUT2D eigenvalue weighted by molar-refractivity contribution is 5.55. The summed E-state index contributed by atoms with van der Waals surface area (Å²) in [4.78, 5) is 7.14. The number of pyridine rings is 1. The first-order valence-electron chi connectivity index (χ1n) is 8.38. The minimum atomic E-state index is 0.135. The lowest BCUT2D eigenvalue weighted by Gasteiger charge is -2.29. The summed E-state index contributed by atoms with van der Waals surface area (Å²) in [6.07, 6.45) is 7.27. The first kappa shape index (κ1) is 16.3. The van der Waals surface area contributed by atoms with Crippen LogP contribution in [-0.2, 0) is 6.54 Å². The van der Waals surface area contributed by atoms with Crippen molar-refractivity contribution in [3.63, 3.8) is 0 Å². The maximum Gasteiger partial charge on any atom is 0.0448 e. The Labute approximate surface area is 130 Å². The Morgan fingerprint density at radius 2 is 2.05 bits per heavy atom. The van der Waals surface area contributed by atoms with E-state index in [1.807, 2.05) is 0 Å². The van der Waals surface area contributed by atoms with Gasteiger partial charge in [-0.1, -0.05) is 13.3 Å². The van der Waals surface area contributed by atoms with Crippen LogP contribution in [0.5, 0.6) is 0 Å². The van der Waals surface area contributed by atoms with Crippen molar-refractivity contribution in [2.75, 3.05) is 11.4 Å². The summed E-state index contributed by atoms with van der Waals surface area (Å²) in [6.45, 7) is 13.1. The zero-order valence-electron chi connectivity index (χ0n) is 14.4. The molecule has 0 amide bonds. The number of aromatic nitrogens is 1. The van der Waals surface area contributed by atoms with Crippen LogP contribution in [-0.4, -0.2) is 23.1 Å². The minimum absolute atomic E-state index is 0.135. The molecule has 0 saturated heterocycles. The van der Waals surface area contributed by atoms with E-state index in [1.165, 1.54) is 43.5 Å². The minimum Gasteiger partial charge on any atom is -0.368 e. The lowest BCUT2D eigenvalue weighted by atomic mass is 10.1. The quantitative estimate of drug-likeness (QED) is 0.821. The molecule has 0 bridgehead atoms. The molecule has 1 heterocycles. The van der Waals surface area contributed by atoms with Crippen LogP contribution >= 0.6 is 0 Å². The molecule has 0 aliphatic heterocycles. The Bertz CT molecular complexity index is 458. The molecule has 0 spiro atoms. The Balaban J connectivity index is 2.20. The third kappa shape index (κ3) is 4.99. The SMILES string of the molecule is CCCCN(c1cc(C)ncc1CNC(C)(C)C)C1CC1. The number of nitrogens with zero attached hydrogens (tertiary/aromatic N) is 2. The first-order chi connectivity index (χ1) is 9.90. The first-order valence-corrected chi connectivity index (χ1v) is 8.38. The van der Waals surface area contributed by atoms with E-state index < -0.39 is 0 Å². The molecule has 0 aromatic carbocycles. The Morgan fingerprint density at radius 1 is 1.33 bits per heavy atom.